The summed E-state index contributed by atoms with van der Waals surface area (Å²) >= 11 is 0. The number of benzene rings is 1. The summed E-state index contributed by atoms with van der Waals surface area (Å²) in [4.78, 5) is 22.6. The van der Waals surface area contributed by atoms with Crippen LogP contribution in [0, 0.1) is 12.7 Å². The van der Waals surface area contributed by atoms with Gasteiger partial charge in [0.1, 0.15) is 5.82 Å². The maximum Gasteiger partial charge on any atom is 0.418 e. The number of urea groups is 1. The van der Waals surface area contributed by atoms with Crippen LogP contribution in [-0.4, -0.2) is 44.8 Å². The van der Waals surface area contributed by atoms with Crippen molar-refractivity contribution in [1.29, 1.82) is 0 Å². The number of carbonyl (C=O) groups excluding carboxylic acids is 1. The van der Waals surface area contributed by atoms with Crippen molar-refractivity contribution in [2.45, 2.75) is 45.1 Å². The van der Waals surface area contributed by atoms with Crippen molar-refractivity contribution < 1.29 is 22.4 Å². The predicted octanol–water partition coefficient (Wildman–Crippen LogP) is 4.89. The molecule has 190 valence electrons. The minimum Gasteiger partial charge on any atom is -0.369 e. The molecule has 0 unspecified atom stereocenters. The normalized spacial score (nSPS) is 17.1. The smallest absolute Gasteiger partial charge is 0.369 e. The molecule has 1 aromatic carbocycles. The van der Waals surface area contributed by atoms with E-state index >= 15 is 0 Å². The van der Waals surface area contributed by atoms with Gasteiger partial charge in [-0.1, -0.05) is 12.1 Å². The molecule has 3 aromatic rings. The van der Waals surface area contributed by atoms with Crippen LogP contribution in [-0.2, 0) is 26.3 Å². The third kappa shape index (κ3) is 4.38. The fourth-order valence-electron chi connectivity index (χ4n) is 5.19. The van der Waals surface area contributed by atoms with E-state index in [1.807, 2.05) is 17.9 Å². The second-order valence-electron chi connectivity index (χ2n) is 9.27. The molecule has 0 radical (unpaired) electrons. The molecule has 5 rings (SSSR count). The Morgan fingerprint density at radius 2 is 1.86 bits per heavy atom. The van der Waals surface area contributed by atoms with Gasteiger partial charge in [0.05, 0.1) is 30.0 Å². The highest BCUT2D eigenvalue weighted by Crippen LogP contribution is 2.36. The Hall–Kier alpha value is -3.63. The first-order chi connectivity index (χ1) is 17.1. The van der Waals surface area contributed by atoms with Gasteiger partial charge >= 0.3 is 12.2 Å². The zero-order valence-corrected chi connectivity index (χ0v) is 20.0. The number of anilines is 2. The second kappa shape index (κ2) is 9.11. The number of amides is 2. The number of pyridine rings is 1. The molecule has 2 aliphatic rings. The maximum atomic E-state index is 14.5. The van der Waals surface area contributed by atoms with E-state index < -0.39 is 17.8 Å². The van der Waals surface area contributed by atoms with Gasteiger partial charge < -0.3 is 9.80 Å². The molecular formula is C25H26F4N6O. The van der Waals surface area contributed by atoms with Crippen molar-refractivity contribution >= 4 is 17.5 Å². The minimum absolute atomic E-state index is 0.137. The Balaban J connectivity index is 1.39. The third-order valence-electron chi connectivity index (χ3n) is 6.87. The molecule has 36 heavy (non-hydrogen) atoms. The number of para-hydroxylation sites is 1. The van der Waals surface area contributed by atoms with Gasteiger partial charge in [0.15, 0.2) is 5.82 Å². The van der Waals surface area contributed by atoms with Crippen LogP contribution in [0.15, 0.2) is 42.7 Å². The number of halogens is 4. The van der Waals surface area contributed by atoms with Crippen LogP contribution in [0.3, 0.4) is 0 Å². The summed E-state index contributed by atoms with van der Waals surface area (Å²) in [5, 5.41) is 4.36. The molecule has 1 fully saturated rings. The SMILES string of the molecule is Cc1cccc(F)c1N1CCC(N2Cc3cn(C)nc3N(Cc3ncccc3C(F)(F)F)C2=O)CC1. The highest BCUT2D eigenvalue weighted by Gasteiger charge is 2.40. The zero-order valence-electron chi connectivity index (χ0n) is 20.0. The lowest BCUT2D eigenvalue weighted by Crippen LogP contribution is -2.54. The number of aryl methyl sites for hydroxylation is 2. The average molecular weight is 503 g/mol. The average Bonchev–Trinajstić information content (AvgIpc) is 3.21. The van der Waals surface area contributed by atoms with Crippen molar-refractivity contribution in [3.63, 3.8) is 0 Å². The van der Waals surface area contributed by atoms with Crippen molar-refractivity contribution in [2.75, 3.05) is 22.9 Å². The lowest BCUT2D eigenvalue weighted by Gasteiger charge is -2.43. The predicted molar refractivity (Wildman–Crippen MR) is 126 cm³/mol. The highest BCUT2D eigenvalue weighted by molar-refractivity contribution is 5.93. The zero-order chi connectivity index (χ0) is 25.6. The maximum absolute atomic E-state index is 14.5. The first-order valence-electron chi connectivity index (χ1n) is 11.8. The molecule has 0 saturated carbocycles. The summed E-state index contributed by atoms with van der Waals surface area (Å²) in [5.41, 5.74) is 1.08. The Morgan fingerprint density at radius 3 is 2.56 bits per heavy atom. The summed E-state index contributed by atoms with van der Waals surface area (Å²) in [6.45, 7) is 2.97. The van der Waals surface area contributed by atoms with Crippen LogP contribution < -0.4 is 9.80 Å². The summed E-state index contributed by atoms with van der Waals surface area (Å²) in [6.07, 6.45) is -0.299. The van der Waals surface area contributed by atoms with Gasteiger partial charge in [-0.05, 0) is 43.5 Å². The van der Waals surface area contributed by atoms with Crippen LogP contribution in [0.4, 0.5) is 33.9 Å². The Morgan fingerprint density at radius 1 is 1.11 bits per heavy atom. The molecule has 4 heterocycles. The van der Waals surface area contributed by atoms with Crippen LogP contribution in [0.25, 0.3) is 0 Å². The van der Waals surface area contributed by atoms with Crippen LogP contribution in [0.2, 0.25) is 0 Å². The third-order valence-corrected chi connectivity index (χ3v) is 6.87. The summed E-state index contributed by atoms with van der Waals surface area (Å²) in [6, 6.07) is 6.65. The van der Waals surface area contributed by atoms with E-state index in [0.717, 1.165) is 17.2 Å². The lowest BCUT2D eigenvalue weighted by molar-refractivity contribution is -0.138. The standard InChI is InChI=1S/C25H26F4N6O/c1-16-5-3-7-20(26)22(16)33-11-8-18(9-12-33)34-14-17-13-32(2)31-23(17)35(24(34)36)15-21-19(25(27,28)29)6-4-10-30-21/h3-7,10,13,18H,8-9,11-12,14-15H2,1-2H3. The van der Waals surface area contributed by atoms with Crippen molar-refractivity contribution in [2.24, 2.45) is 7.05 Å². The molecule has 0 aliphatic carbocycles. The number of carbonyl (C=O) groups is 1. The molecule has 0 atom stereocenters. The van der Waals surface area contributed by atoms with Crippen LogP contribution in [0.5, 0.6) is 0 Å². The van der Waals surface area contributed by atoms with Gasteiger partial charge in [0.25, 0.3) is 0 Å². The first-order valence-corrected chi connectivity index (χ1v) is 11.8. The Labute approximate surface area is 205 Å². The van der Waals surface area contributed by atoms with Crippen molar-refractivity contribution in [3.05, 3.63) is 70.9 Å². The summed E-state index contributed by atoms with van der Waals surface area (Å²) in [7, 11) is 1.71. The van der Waals surface area contributed by atoms with E-state index in [4.69, 9.17) is 0 Å². The molecule has 2 amide bonds. The molecule has 0 N–H and O–H groups in total. The molecule has 0 spiro atoms. The van der Waals surface area contributed by atoms with Gasteiger partial charge in [-0.2, -0.15) is 18.3 Å². The Kier molecular flexibility index (Phi) is 6.09. The van der Waals surface area contributed by atoms with Gasteiger partial charge in [0.2, 0.25) is 0 Å². The molecule has 2 aromatic heterocycles. The van der Waals surface area contributed by atoms with Gasteiger partial charge in [0, 0.05) is 44.1 Å². The summed E-state index contributed by atoms with van der Waals surface area (Å²) < 4.78 is 56.8. The Bertz CT molecular complexity index is 1260. The number of rotatable bonds is 4. The fourth-order valence-corrected chi connectivity index (χ4v) is 5.19. The van der Waals surface area contributed by atoms with E-state index in [9.17, 15) is 22.4 Å². The quantitative estimate of drug-likeness (QED) is 0.477. The van der Waals surface area contributed by atoms with Gasteiger partial charge in [-0.3, -0.25) is 14.6 Å². The van der Waals surface area contributed by atoms with E-state index in [1.165, 1.54) is 23.2 Å². The molecule has 7 nitrogen and oxygen atoms in total. The fraction of sp³-hybridized carbons (Fsp3) is 0.400. The van der Waals surface area contributed by atoms with Crippen LogP contribution in [0.1, 0.15) is 35.2 Å². The number of alkyl halides is 3. The summed E-state index contributed by atoms with van der Waals surface area (Å²) in [5.74, 6) is 0.0708. The first kappa shape index (κ1) is 24.1. The van der Waals surface area contributed by atoms with Gasteiger partial charge in [-0.25, -0.2) is 9.18 Å². The topological polar surface area (TPSA) is 57.5 Å². The van der Waals surface area contributed by atoms with Crippen molar-refractivity contribution in [3.8, 4) is 0 Å². The van der Waals surface area contributed by atoms with E-state index in [2.05, 4.69) is 10.1 Å². The molecule has 2 aliphatic heterocycles. The van der Waals surface area contributed by atoms with Crippen molar-refractivity contribution in [1.82, 2.24) is 19.7 Å². The monoisotopic (exact) mass is 502 g/mol. The minimum atomic E-state index is -4.59. The van der Waals surface area contributed by atoms with Crippen LogP contribution >= 0.6 is 0 Å². The number of fused-ring (bicyclic) bond motifs is 1. The largest absolute Gasteiger partial charge is 0.418 e. The van der Waals surface area contributed by atoms with E-state index in [0.29, 0.717) is 44.0 Å². The number of hydrogen-bond donors (Lipinski definition) is 0. The van der Waals surface area contributed by atoms with Gasteiger partial charge in [-0.15, -0.1) is 0 Å². The molecular weight excluding hydrogens is 476 g/mol. The second-order valence-corrected chi connectivity index (χ2v) is 9.27. The lowest BCUT2D eigenvalue weighted by atomic mass is 10.00. The highest BCUT2D eigenvalue weighted by atomic mass is 19.4. The van der Waals surface area contributed by atoms with E-state index in [1.54, 1.807) is 28.9 Å². The van der Waals surface area contributed by atoms with E-state index in [-0.39, 0.29) is 24.1 Å². The molecule has 11 heteroatoms. The molecule has 1 saturated heterocycles. The number of nitrogens with zero attached hydrogens (tertiary/aromatic N) is 6. The molecule has 0 bridgehead atoms. The number of aromatic nitrogens is 3. The number of piperidine rings is 1. The number of hydrogen-bond acceptors (Lipinski definition) is 4.